The molecule has 1 fully saturated rings. The van der Waals surface area contributed by atoms with Crippen LogP contribution in [0.25, 0.3) is 0 Å². The molecule has 16 heavy (non-hydrogen) atoms. The highest BCUT2D eigenvalue weighted by atomic mass is 35.5. The highest BCUT2D eigenvalue weighted by molar-refractivity contribution is 6.33. The fourth-order valence-electron chi connectivity index (χ4n) is 1.80. The van der Waals surface area contributed by atoms with E-state index in [0.29, 0.717) is 24.7 Å². The summed E-state index contributed by atoms with van der Waals surface area (Å²) in [5.41, 5.74) is 0.731. The molecule has 0 saturated carbocycles. The fourth-order valence-corrected chi connectivity index (χ4v) is 2.04. The molecule has 2 amide bonds. The van der Waals surface area contributed by atoms with Crippen LogP contribution in [-0.4, -0.2) is 42.3 Å². The van der Waals surface area contributed by atoms with Gasteiger partial charge in [0, 0.05) is 19.6 Å². The van der Waals surface area contributed by atoms with Gasteiger partial charge in [-0.3, -0.25) is 4.90 Å². The molecule has 1 N–H and O–H groups in total. The number of aliphatic hydroxyl groups is 1. The minimum Gasteiger partial charge on any atom is -0.395 e. The van der Waals surface area contributed by atoms with Gasteiger partial charge in [0.2, 0.25) is 0 Å². The molecule has 0 radical (unpaired) electrons. The van der Waals surface area contributed by atoms with E-state index in [2.05, 4.69) is 0 Å². The Hall–Kier alpha value is -1.26. The van der Waals surface area contributed by atoms with E-state index in [0.717, 1.165) is 5.69 Å². The lowest BCUT2D eigenvalue weighted by Gasteiger charge is -2.18. The Labute approximate surface area is 99.0 Å². The molecule has 1 heterocycles. The smallest absolute Gasteiger partial charge is 0.324 e. The molecule has 0 aromatic heterocycles. The maximum atomic E-state index is 11.9. The summed E-state index contributed by atoms with van der Waals surface area (Å²) in [5.74, 6) is 0. The maximum absolute atomic E-state index is 11.9. The zero-order valence-corrected chi connectivity index (χ0v) is 9.52. The van der Waals surface area contributed by atoms with Crippen LogP contribution >= 0.6 is 11.6 Å². The van der Waals surface area contributed by atoms with Gasteiger partial charge in [-0.25, -0.2) is 4.79 Å². The van der Waals surface area contributed by atoms with E-state index in [1.165, 1.54) is 0 Å². The van der Waals surface area contributed by atoms with E-state index in [4.69, 9.17) is 16.7 Å². The lowest BCUT2D eigenvalue weighted by Crippen LogP contribution is -2.33. The second-order valence-electron chi connectivity index (χ2n) is 3.60. The van der Waals surface area contributed by atoms with E-state index in [-0.39, 0.29) is 12.6 Å². The number of benzene rings is 1. The van der Waals surface area contributed by atoms with Gasteiger partial charge in [-0.2, -0.15) is 0 Å². The molecular formula is C11H13ClN2O2. The first-order chi connectivity index (χ1) is 7.74. The normalized spacial score (nSPS) is 16.0. The molecule has 1 aliphatic heterocycles. The van der Waals surface area contributed by atoms with Crippen LogP contribution in [-0.2, 0) is 0 Å². The minimum absolute atomic E-state index is 0.0118. The molecule has 1 saturated heterocycles. The average Bonchev–Trinajstić information content (AvgIpc) is 2.62. The maximum Gasteiger partial charge on any atom is 0.324 e. The second-order valence-corrected chi connectivity index (χ2v) is 4.00. The zero-order chi connectivity index (χ0) is 11.5. The number of urea groups is 1. The van der Waals surface area contributed by atoms with Crippen LogP contribution in [0.4, 0.5) is 10.5 Å². The molecule has 1 aromatic carbocycles. The molecule has 0 aliphatic carbocycles. The van der Waals surface area contributed by atoms with Gasteiger partial charge < -0.3 is 10.0 Å². The van der Waals surface area contributed by atoms with Crippen molar-refractivity contribution in [3.8, 4) is 0 Å². The van der Waals surface area contributed by atoms with Crippen LogP contribution in [0.5, 0.6) is 0 Å². The Bertz CT molecular complexity index is 397. The highest BCUT2D eigenvalue weighted by Crippen LogP contribution is 2.27. The molecule has 5 heteroatoms. The lowest BCUT2D eigenvalue weighted by atomic mass is 10.3. The van der Waals surface area contributed by atoms with Crippen LogP contribution in [0.2, 0.25) is 5.02 Å². The lowest BCUT2D eigenvalue weighted by molar-refractivity contribution is 0.199. The number of anilines is 1. The van der Waals surface area contributed by atoms with Crippen LogP contribution in [0.1, 0.15) is 0 Å². The van der Waals surface area contributed by atoms with Gasteiger partial charge in [0.25, 0.3) is 0 Å². The first kappa shape index (κ1) is 11.2. The molecular weight excluding hydrogens is 228 g/mol. The van der Waals surface area contributed by atoms with E-state index >= 15 is 0 Å². The van der Waals surface area contributed by atoms with Gasteiger partial charge in [0.15, 0.2) is 0 Å². The number of carbonyl (C=O) groups is 1. The van der Waals surface area contributed by atoms with Crippen molar-refractivity contribution in [3.05, 3.63) is 29.3 Å². The number of amides is 2. The largest absolute Gasteiger partial charge is 0.395 e. The number of para-hydroxylation sites is 1. The Morgan fingerprint density at radius 2 is 2.06 bits per heavy atom. The fraction of sp³-hybridized carbons (Fsp3) is 0.364. The third-order valence-corrected chi connectivity index (χ3v) is 2.93. The SMILES string of the molecule is O=C1N(CCO)CCN1c1ccccc1Cl. The number of aliphatic hydroxyl groups excluding tert-OH is 1. The molecule has 2 rings (SSSR count). The molecule has 0 atom stereocenters. The molecule has 0 unspecified atom stereocenters. The summed E-state index contributed by atoms with van der Waals surface area (Å²) in [6.45, 7) is 1.61. The summed E-state index contributed by atoms with van der Waals surface area (Å²) in [6, 6.07) is 7.17. The number of β-amino-alcohol motifs (C(OH)–C–C–N with tert-alkyl or cyclic N) is 1. The summed E-state index contributed by atoms with van der Waals surface area (Å²) in [6.07, 6.45) is 0. The number of carbonyl (C=O) groups excluding carboxylic acids is 1. The van der Waals surface area contributed by atoms with Gasteiger partial charge in [-0.1, -0.05) is 23.7 Å². The number of hydrogen-bond acceptors (Lipinski definition) is 2. The van der Waals surface area contributed by atoms with Gasteiger partial charge in [0.1, 0.15) is 0 Å². The van der Waals surface area contributed by atoms with E-state index in [9.17, 15) is 4.79 Å². The molecule has 1 aliphatic rings. The molecule has 0 spiro atoms. The quantitative estimate of drug-likeness (QED) is 0.872. The Morgan fingerprint density at radius 3 is 2.75 bits per heavy atom. The summed E-state index contributed by atoms with van der Waals surface area (Å²) in [5, 5.41) is 9.39. The van der Waals surface area contributed by atoms with Crippen molar-refractivity contribution in [2.45, 2.75) is 0 Å². The third kappa shape index (κ3) is 1.99. The Balaban J connectivity index is 2.19. The van der Waals surface area contributed by atoms with E-state index < -0.39 is 0 Å². The van der Waals surface area contributed by atoms with Crippen LogP contribution < -0.4 is 4.90 Å². The van der Waals surface area contributed by atoms with Crippen molar-refractivity contribution >= 4 is 23.3 Å². The first-order valence-corrected chi connectivity index (χ1v) is 5.53. The predicted molar refractivity (Wildman–Crippen MR) is 62.9 cm³/mol. The van der Waals surface area contributed by atoms with Crippen LogP contribution in [0.3, 0.4) is 0 Å². The van der Waals surface area contributed by atoms with Crippen LogP contribution in [0, 0.1) is 0 Å². The third-order valence-electron chi connectivity index (χ3n) is 2.61. The van der Waals surface area contributed by atoms with Gasteiger partial charge in [-0.05, 0) is 12.1 Å². The van der Waals surface area contributed by atoms with Crippen molar-refractivity contribution in [2.75, 3.05) is 31.1 Å². The second kappa shape index (κ2) is 4.72. The number of nitrogens with zero attached hydrogens (tertiary/aromatic N) is 2. The first-order valence-electron chi connectivity index (χ1n) is 5.16. The molecule has 0 bridgehead atoms. The van der Waals surface area contributed by atoms with Crippen molar-refractivity contribution < 1.29 is 9.90 Å². The summed E-state index contributed by atoms with van der Waals surface area (Å²) >= 11 is 6.03. The van der Waals surface area contributed by atoms with Crippen molar-refractivity contribution in [1.29, 1.82) is 0 Å². The van der Waals surface area contributed by atoms with Crippen molar-refractivity contribution in [3.63, 3.8) is 0 Å². The Kier molecular flexibility index (Phi) is 3.31. The van der Waals surface area contributed by atoms with E-state index in [1.54, 1.807) is 15.9 Å². The predicted octanol–water partition coefficient (Wildman–Crippen LogP) is 1.57. The zero-order valence-electron chi connectivity index (χ0n) is 8.77. The van der Waals surface area contributed by atoms with Crippen LogP contribution in [0.15, 0.2) is 24.3 Å². The average molecular weight is 241 g/mol. The number of hydrogen-bond donors (Lipinski definition) is 1. The molecule has 86 valence electrons. The van der Waals surface area contributed by atoms with Gasteiger partial charge in [0.05, 0.1) is 17.3 Å². The highest BCUT2D eigenvalue weighted by Gasteiger charge is 2.29. The summed E-state index contributed by atoms with van der Waals surface area (Å²) < 4.78 is 0. The minimum atomic E-state index is -0.0952. The number of halogens is 1. The topological polar surface area (TPSA) is 43.8 Å². The summed E-state index contributed by atoms with van der Waals surface area (Å²) in [4.78, 5) is 15.2. The van der Waals surface area contributed by atoms with Crippen molar-refractivity contribution in [1.82, 2.24) is 4.90 Å². The Morgan fingerprint density at radius 1 is 1.31 bits per heavy atom. The standard InChI is InChI=1S/C11H13ClN2O2/c12-9-3-1-2-4-10(9)14-6-5-13(7-8-15)11(14)16/h1-4,15H,5-8H2. The molecule has 4 nitrogen and oxygen atoms in total. The monoisotopic (exact) mass is 240 g/mol. The van der Waals surface area contributed by atoms with Gasteiger partial charge in [-0.15, -0.1) is 0 Å². The van der Waals surface area contributed by atoms with Gasteiger partial charge >= 0.3 is 6.03 Å². The van der Waals surface area contributed by atoms with Crippen molar-refractivity contribution in [2.24, 2.45) is 0 Å². The number of rotatable bonds is 3. The summed E-state index contributed by atoms with van der Waals surface area (Å²) in [7, 11) is 0. The molecule has 1 aromatic rings. The van der Waals surface area contributed by atoms with E-state index in [1.807, 2.05) is 18.2 Å².